The van der Waals surface area contributed by atoms with Crippen molar-refractivity contribution in [3.63, 3.8) is 0 Å². The molecule has 0 aliphatic rings. The van der Waals surface area contributed by atoms with Crippen molar-refractivity contribution in [2.75, 3.05) is 0 Å². The molecule has 0 radical (unpaired) electrons. The van der Waals surface area contributed by atoms with Gasteiger partial charge >= 0.3 is 0 Å². The van der Waals surface area contributed by atoms with Crippen molar-refractivity contribution in [1.82, 2.24) is 10.3 Å². The third kappa shape index (κ3) is 4.37. The van der Waals surface area contributed by atoms with Crippen molar-refractivity contribution in [2.24, 2.45) is 0 Å². The smallest absolute Gasteiger partial charge is 0.208 e. The standard InChI is InChI=1S/C15H19ClN2O/c1-3-14-9-18-15(19-14)10-17-11(2)8-12-4-6-13(16)7-5-12/h4-7,9,11,17H,3,8,10H2,1-2H3. The molecule has 0 aliphatic carbocycles. The number of halogens is 1. The number of benzene rings is 1. The fourth-order valence-corrected chi connectivity index (χ4v) is 2.03. The molecule has 0 amide bonds. The number of aryl methyl sites for hydroxylation is 1. The second-order valence-electron chi connectivity index (χ2n) is 4.69. The van der Waals surface area contributed by atoms with Crippen LogP contribution in [0, 0.1) is 0 Å². The van der Waals surface area contributed by atoms with E-state index in [1.54, 1.807) is 6.20 Å². The number of oxazole rings is 1. The average Bonchev–Trinajstić information content (AvgIpc) is 2.87. The molecule has 1 atom stereocenters. The summed E-state index contributed by atoms with van der Waals surface area (Å²) in [6.45, 7) is 4.87. The highest BCUT2D eigenvalue weighted by Gasteiger charge is 2.06. The normalized spacial score (nSPS) is 12.6. The maximum absolute atomic E-state index is 5.87. The Morgan fingerprint density at radius 3 is 2.68 bits per heavy atom. The first-order valence-corrected chi connectivity index (χ1v) is 6.96. The van der Waals surface area contributed by atoms with Gasteiger partial charge in [0.15, 0.2) is 0 Å². The Hall–Kier alpha value is -1.32. The first-order chi connectivity index (χ1) is 9.17. The van der Waals surface area contributed by atoms with Crippen molar-refractivity contribution in [3.8, 4) is 0 Å². The first kappa shape index (κ1) is 14.1. The number of aromatic nitrogens is 1. The summed E-state index contributed by atoms with van der Waals surface area (Å²) in [4.78, 5) is 4.23. The predicted molar refractivity (Wildman–Crippen MR) is 77.3 cm³/mol. The maximum atomic E-state index is 5.87. The quantitative estimate of drug-likeness (QED) is 0.877. The molecule has 0 saturated heterocycles. The molecule has 0 bridgehead atoms. The molecule has 2 rings (SSSR count). The minimum Gasteiger partial charge on any atom is -0.444 e. The number of rotatable bonds is 6. The van der Waals surface area contributed by atoms with Crippen LogP contribution in [0.3, 0.4) is 0 Å². The third-order valence-electron chi connectivity index (χ3n) is 3.01. The van der Waals surface area contributed by atoms with Crippen LogP contribution in [0.25, 0.3) is 0 Å². The van der Waals surface area contributed by atoms with E-state index in [1.807, 2.05) is 12.1 Å². The van der Waals surface area contributed by atoms with Gasteiger partial charge in [-0.3, -0.25) is 0 Å². The highest BCUT2D eigenvalue weighted by Crippen LogP contribution is 2.11. The lowest BCUT2D eigenvalue weighted by Crippen LogP contribution is -2.27. The number of nitrogens with one attached hydrogen (secondary N) is 1. The van der Waals surface area contributed by atoms with Crippen LogP contribution in [-0.4, -0.2) is 11.0 Å². The molecule has 1 aromatic carbocycles. The molecule has 1 heterocycles. The van der Waals surface area contributed by atoms with Gasteiger partial charge in [0.1, 0.15) is 5.76 Å². The zero-order valence-electron chi connectivity index (χ0n) is 11.3. The molecular formula is C15H19ClN2O. The van der Waals surface area contributed by atoms with E-state index in [0.717, 1.165) is 29.5 Å². The van der Waals surface area contributed by atoms with E-state index in [1.165, 1.54) is 5.56 Å². The lowest BCUT2D eigenvalue weighted by molar-refractivity contribution is 0.420. The van der Waals surface area contributed by atoms with E-state index < -0.39 is 0 Å². The Morgan fingerprint density at radius 2 is 2.05 bits per heavy atom. The van der Waals surface area contributed by atoms with Gasteiger partial charge < -0.3 is 9.73 Å². The van der Waals surface area contributed by atoms with Crippen molar-refractivity contribution in [1.29, 1.82) is 0 Å². The van der Waals surface area contributed by atoms with Gasteiger partial charge in [0, 0.05) is 17.5 Å². The Morgan fingerprint density at radius 1 is 1.32 bits per heavy atom. The molecule has 0 aliphatic heterocycles. The third-order valence-corrected chi connectivity index (χ3v) is 3.26. The Bertz CT molecular complexity index is 507. The van der Waals surface area contributed by atoms with Crippen molar-refractivity contribution in [3.05, 3.63) is 52.7 Å². The molecule has 1 aromatic heterocycles. The topological polar surface area (TPSA) is 38.1 Å². The van der Waals surface area contributed by atoms with Gasteiger partial charge in [-0.15, -0.1) is 0 Å². The fraction of sp³-hybridized carbons (Fsp3) is 0.400. The highest BCUT2D eigenvalue weighted by molar-refractivity contribution is 6.30. The zero-order valence-corrected chi connectivity index (χ0v) is 12.1. The van der Waals surface area contributed by atoms with Crippen LogP contribution in [-0.2, 0) is 19.4 Å². The molecular weight excluding hydrogens is 260 g/mol. The minimum absolute atomic E-state index is 0.359. The van der Waals surface area contributed by atoms with Crippen LogP contribution < -0.4 is 5.32 Å². The zero-order chi connectivity index (χ0) is 13.7. The molecule has 4 heteroatoms. The number of nitrogens with zero attached hydrogens (tertiary/aromatic N) is 1. The summed E-state index contributed by atoms with van der Waals surface area (Å²) in [7, 11) is 0. The summed E-state index contributed by atoms with van der Waals surface area (Å²) in [5.41, 5.74) is 1.27. The first-order valence-electron chi connectivity index (χ1n) is 6.58. The van der Waals surface area contributed by atoms with E-state index in [-0.39, 0.29) is 0 Å². The molecule has 19 heavy (non-hydrogen) atoms. The predicted octanol–water partition coefficient (Wildman–Crippen LogP) is 3.61. The van der Waals surface area contributed by atoms with Crippen molar-refractivity contribution < 1.29 is 4.42 Å². The Labute approximate surface area is 119 Å². The monoisotopic (exact) mass is 278 g/mol. The lowest BCUT2D eigenvalue weighted by atomic mass is 10.1. The van der Waals surface area contributed by atoms with Crippen molar-refractivity contribution >= 4 is 11.6 Å². The average molecular weight is 279 g/mol. The summed E-state index contributed by atoms with van der Waals surface area (Å²) < 4.78 is 5.56. The van der Waals surface area contributed by atoms with Crippen LogP contribution in [0.15, 0.2) is 34.9 Å². The maximum Gasteiger partial charge on any atom is 0.208 e. The summed E-state index contributed by atoms with van der Waals surface area (Å²) in [6, 6.07) is 8.32. The molecule has 1 unspecified atom stereocenters. The summed E-state index contributed by atoms with van der Waals surface area (Å²) in [6.07, 6.45) is 3.63. The van der Waals surface area contributed by atoms with E-state index in [4.69, 9.17) is 16.0 Å². The Balaban J connectivity index is 1.81. The highest BCUT2D eigenvalue weighted by atomic mass is 35.5. The van der Waals surface area contributed by atoms with Gasteiger partial charge in [0.25, 0.3) is 0 Å². The summed E-state index contributed by atoms with van der Waals surface area (Å²) in [5.74, 6) is 1.68. The molecule has 0 saturated carbocycles. The number of hydrogen-bond acceptors (Lipinski definition) is 3. The van der Waals surface area contributed by atoms with E-state index in [0.29, 0.717) is 12.6 Å². The van der Waals surface area contributed by atoms with Gasteiger partial charge in [0.2, 0.25) is 5.89 Å². The van der Waals surface area contributed by atoms with Gasteiger partial charge in [-0.05, 0) is 31.0 Å². The Kier molecular flexibility index (Phi) is 5.00. The van der Waals surface area contributed by atoms with Crippen LogP contribution >= 0.6 is 11.6 Å². The summed E-state index contributed by atoms with van der Waals surface area (Å²) >= 11 is 5.87. The van der Waals surface area contributed by atoms with Gasteiger partial charge in [0.05, 0.1) is 12.7 Å². The second-order valence-corrected chi connectivity index (χ2v) is 5.12. The SMILES string of the molecule is CCc1cnc(CNC(C)Cc2ccc(Cl)cc2)o1. The molecule has 102 valence electrons. The molecule has 3 nitrogen and oxygen atoms in total. The molecule has 0 spiro atoms. The fourth-order valence-electron chi connectivity index (χ4n) is 1.90. The lowest BCUT2D eigenvalue weighted by Gasteiger charge is -2.12. The molecule has 1 N–H and O–H groups in total. The van der Waals surface area contributed by atoms with Crippen LogP contribution in [0.1, 0.15) is 31.1 Å². The van der Waals surface area contributed by atoms with Crippen LogP contribution in [0.5, 0.6) is 0 Å². The number of hydrogen-bond donors (Lipinski definition) is 1. The van der Waals surface area contributed by atoms with Crippen molar-refractivity contribution in [2.45, 2.75) is 39.3 Å². The van der Waals surface area contributed by atoms with Crippen LogP contribution in [0.2, 0.25) is 5.02 Å². The minimum atomic E-state index is 0.359. The van der Waals surface area contributed by atoms with E-state index in [2.05, 4.69) is 36.3 Å². The van der Waals surface area contributed by atoms with Gasteiger partial charge in [-0.1, -0.05) is 30.7 Å². The van der Waals surface area contributed by atoms with Gasteiger partial charge in [-0.25, -0.2) is 4.98 Å². The van der Waals surface area contributed by atoms with Crippen LogP contribution in [0.4, 0.5) is 0 Å². The molecule has 0 fully saturated rings. The largest absolute Gasteiger partial charge is 0.444 e. The van der Waals surface area contributed by atoms with E-state index >= 15 is 0 Å². The van der Waals surface area contributed by atoms with Gasteiger partial charge in [-0.2, -0.15) is 0 Å². The summed E-state index contributed by atoms with van der Waals surface area (Å²) in [5, 5.41) is 4.18. The van der Waals surface area contributed by atoms with E-state index in [9.17, 15) is 0 Å². The second kappa shape index (κ2) is 6.73. The molecule has 2 aromatic rings.